The monoisotopic (exact) mass is 322 g/mol. The molecule has 0 fully saturated rings. The largest absolute Gasteiger partial charge is 0.465 e. The van der Waals surface area contributed by atoms with Gasteiger partial charge in [-0.3, -0.25) is 0 Å². The van der Waals surface area contributed by atoms with E-state index in [0.717, 1.165) is 19.2 Å². The number of ether oxygens (including phenoxy) is 1. The van der Waals surface area contributed by atoms with Gasteiger partial charge in [0, 0.05) is 5.54 Å². The van der Waals surface area contributed by atoms with Gasteiger partial charge in [0.15, 0.2) is 5.03 Å². The van der Waals surface area contributed by atoms with Crippen molar-refractivity contribution in [3.63, 3.8) is 0 Å². The molecule has 1 aromatic rings. The molecule has 0 aliphatic heterocycles. The summed E-state index contributed by atoms with van der Waals surface area (Å²) < 4.78 is 56.6. The number of rotatable bonds is 4. The van der Waals surface area contributed by atoms with Gasteiger partial charge in [-0.25, -0.2) is 31.7 Å². The molecule has 0 atom stereocenters. The van der Waals surface area contributed by atoms with Crippen LogP contribution in [0.2, 0.25) is 0 Å². The van der Waals surface area contributed by atoms with Crippen molar-refractivity contribution in [2.24, 2.45) is 0 Å². The Morgan fingerprint density at radius 3 is 2.33 bits per heavy atom. The van der Waals surface area contributed by atoms with E-state index in [2.05, 4.69) is 14.4 Å². The van der Waals surface area contributed by atoms with Crippen LogP contribution in [-0.2, 0) is 14.8 Å². The highest BCUT2D eigenvalue weighted by Crippen LogP contribution is 2.22. The molecular formula is C12H16F2N2O4S. The molecule has 0 bridgehead atoms. The molecule has 1 N–H and O–H groups in total. The van der Waals surface area contributed by atoms with Gasteiger partial charge in [0.2, 0.25) is 0 Å². The van der Waals surface area contributed by atoms with Crippen LogP contribution >= 0.6 is 0 Å². The molecule has 0 radical (unpaired) electrons. The third-order valence-corrected chi connectivity index (χ3v) is 3.91. The number of esters is 1. The highest BCUT2D eigenvalue weighted by molar-refractivity contribution is 7.89. The lowest BCUT2D eigenvalue weighted by molar-refractivity contribution is 0.0594. The Balaban J connectivity index is 3.49. The molecule has 0 amide bonds. The van der Waals surface area contributed by atoms with Gasteiger partial charge in [-0.2, -0.15) is 0 Å². The Bertz CT molecular complexity index is 639. The van der Waals surface area contributed by atoms with Gasteiger partial charge in [0.1, 0.15) is 5.69 Å². The normalized spacial score (nSPS) is 12.5. The first kappa shape index (κ1) is 17.4. The zero-order valence-corrected chi connectivity index (χ0v) is 12.8. The summed E-state index contributed by atoms with van der Waals surface area (Å²) in [6.45, 7) is 4.71. The second-order valence-electron chi connectivity index (χ2n) is 5.24. The summed E-state index contributed by atoms with van der Waals surface area (Å²) in [6.07, 6.45) is -2.96. The van der Waals surface area contributed by atoms with Crippen molar-refractivity contribution in [2.75, 3.05) is 7.11 Å². The van der Waals surface area contributed by atoms with E-state index in [0.29, 0.717) is 0 Å². The maximum absolute atomic E-state index is 12.7. The van der Waals surface area contributed by atoms with Crippen LogP contribution in [0.15, 0.2) is 17.2 Å². The van der Waals surface area contributed by atoms with Crippen LogP contribution in [0.1, 0.15) is 43.2 Å². The first-order chi connectivity index (χ1) is 9.48. The second-order valence-corrected chi connectivity index (χ2v) is 6.83. The van der Waals surface area contributed by atoms with Crippen LogP contribution in [0.25, 0.3) is 0 Å². The van der Waals surface area contributed by atoms with Crippen molar-refractivity contribution < 1.29 is 26.7 Å². The van der Waals surface area contributed by atoms with Gasteiger partial charge in [-0.15, -0.1) is 0 Å². The minimum atomic E-state index is -4.26. The number of alkyl halides is 2. The van der Waals surface area contributed by atoms with Crippen molar-refractivity contribution in [1.29, 1.82) is 0 Å². The molecule has 6 nitrogen and oxygen atoms in total. The molecule has 0 saturated heterocycles. The van der Waals surface area contributed by atoms with Gasteiger partial charge in [-0.1, -0.05) is 0 Å². The number of halogens is 2. The Hall–Kier alpha value is -1.61. The second kappa shape index (κ2) is 6.02. The summed E-state index contributed by atoms with van der Waals surface area (Å²) in [5.41, 5.74) is -2.01. The fourth-order valence-electron chi connectivity index (χ4n) is 1.50. The zero-order valence-electron chi connectivity index (χ0n) is 12.0. The summed E-state index contributed by atoms with van der Waals surface area (Å²) >= 11 is 0. The Labute approximate surface area is 121 Å². The average molecular weight is 322 g/mol. The summed E-state index contributed by atoms with van der Waals surface area (Å²) in [4.78, 5) is 15.0. The van der Waals surface area contributed by atoms with Crippen molar-refractivity contribution in [3.8, 4) is 0 Å². The van der Waals surface area contributed by atoms with E-state index in [1.165, 1.54) is 0 Å². The number of nitrogens with zero attached hydrogens (tertiary/aromatic N) is 1. The number of pyridine rings is 1. The average Bonchev–Trinajstić information content (AvgIpc) is 2.34. The van der Waals surface area contributed by atoms with Crippen LogP contribution in [0, 0.1) is 0 Å². The third-order valence-electron chi connectivity index (χ3n) is 2.21. The van der Waals surface area contributed by atoms with E-state index in [1.54, 1.807) is 20.8 Å². The number of carbonyl (C=O) groups excluding carboxylic acids is 1. The number of aromatic nitrogens is 1. The molecule has 0 aliphatic rings. The van der Waals surface area contributed by atoms with Crippen LogP contribution < -0.4 is 4.72 Å². The number of hydrogen-bond donors (Lipinski definition) is 1. The number of methoxy groups -OCH3 is 1. The van der Waals surface area contributed by atoms with E-state index in [-0.39, 0.29) is 0 Å². The van der Waals surface area contributed by atoms with Crippen LogP contribution in [0.4, 0.5) is 8.78 Å². The maximum atomic E-state index is 12.7. The quantitative estimate of drug-likeness (QED) is 0.856. The Morgan fingerprint density at radius 2 is 1.90 bits per heavy atom. The fraction of sp³-hybridized carbons (Fsp3) is 0.500. The minimum absolute atomic E-state index is 0.404. The summed E-state index contributed by atoms with van der Waals surface area (Å²) in [5.74, 6) is -0.974. The van der Waals surface area contributed by atoms with E-state index < -0.39 is 44.2 Å². The van der Waals surface area contributed by atoms with E-state index in [1.807, 2.05) is 0 Å². The number of sulfonamides is 1. The minimum Gasteiger partial charge on any atom is -0.465 e. The highest BCUT2D eigenvalue weighted by atomic mass is 32.2. The molecule has 1 heterocycles. The Kier molecular flexibility index (Phi) is 5.00. The zero-order chi connectivity index (χ0) is 16.4. The lowest BCUT2D eigenvalue weighted by atomic mass is 10.1. The topological polar surface area (TPSA) is 85.4 Å². The van der Waals surface area contributed by atoms with Crippen molar-refractivity contribution in [3.05, 3.63) is 23.4 Å². The van der Waals surface area contributed by atoms with Crippen LogP contribution in [-0.4, -0.2) is 32.0 Å². The predicted molar refractivity (Wildman–Crippen MR) is 70.6 cm³/mol. The van der Waals surface area contributed by atoms with Gasteiger partial charge in [-0.05, 0) is 32.9 Å². The summed E-state index contributed by atoms with van der Waals surface area (Å²) in [6, 6.07) is 1.84. The summed E-state index contributed by atoms with van der Waals surface area (Å²) in [5, 5.41) is -0.776. The molecule has 0 unspecified atom stereocenters. The lowest BCUT2D eigenvalue weighted by Gasteiger charge is -2.21. The summed E-state index contributed by atoms with van der Waals surface area (Å²) in [7, 11) is -3.20. The molecular weight excluding hydrogens is 306 g/mol. The number of nitrogens with one attached hydrogen (secondary N) is 1. The predicted octanol–water partition coefficient (Wildman–Crippen LogP) is 1.88. The van der Waals surface area contributed by atoms with Crippen molar-refractivity contribution in [1.82, 2.24) is 9.71 Å². The maximum Gasteiger partial charge on any atom is 0.340 e. The first-order valence-electron chi connectivity index (χ1n) is 5.89. The molecule has 0 aromatic carbocycles. The highest BCUT2D eigenvalue weighted by Gasteiger charge is 2.30. The van der Waals surface area contributed by atoms with Crippen molar-refractivity contribution >= 4 is 16.0 Å². The van der Waals surface area contributed by atoms with E-state index in [9.17, 15) is 22.0 Å². The van der Waals surface area contributed by atoms with Crippen LogP contribution in [0.3, 0.4) is 0 Å². The first-order valence-corrected chi connectivity index (χ1v) is 7.37. The molecule has 1 aromatic heterocycles. The molecule has 0 aliphatic carbocycles. The molecule has 118 valence electrons. The molecule has 0 spiro atoms. The lowest BCUT2D eigenvalue weighted by Crippen LogP contribution is -2.41. The van der Waals surface area contributed by atoms with E-state index in [4.69, 9.17) is 0 Å². The smallest absolute Gasteiger partial charge is 0.340 e. The van der Waals surface area contributed by atoms with Gasteiger partial charge >= 0.3 is 5.97 Å². The van der Waals surface area contributed by atoms with E-state index >= 15 is 0 Å². The van der Waals surface area contributed by atoms with Gasteiger partial charge < -0.3 is 4.74 Å². The van der Waals surface area contributed by atoms with Gasteiger partial charge in [0.25, 0.3) is 16.4 Å². The number of carbonyl (C=O) groups is 1. The molecule has 21 heavy (non-hydrogen) atoms. The third kappa shape index (κ3) is 4.43. The molecule has 9 heteroatoms. The fourth-order valence-corrected chi connectivity index (χ4v) is 3.07. The van der Waals surface area contributed by atoms with Gasteiger partial charge in [0.05, 0.1) is 12.7 Å². The van der Waals surface area contributed by atoms with Crippen LogP contribution in [0.5, 0.6) is 0 Å². The standard InChI is InChI=1S/C12H16F2N2O4S/c1-12(2,3)16-21(18,19)10-7(11(17)20-4)5-6-8(15-10)9(13)14/h5-6,9,16H,1-4H3. The van der Waals surface area contributed by atoms with Crippen molar-refractivity contribution in [2.45, 2.75) is 37.8 Å². The Morgan fingerprint density at radius 1 is 1.33 bits per heavy atom. The molecule has 1 rings (SSSR count). The molecule has 0 saturated carbocycles. The SMILES string of the molecule is COC(=O)c1ccc(C(F)F)nc1S(=O)(=O)NC(C)(C)C. The number of hydrogen-bond acceptors (Lipinski definition) is 5.